The van der Waals surface area contributed by atoms with Crippen LogP contribution in [0.25, 0.3) is 0 Å². The third-order valence-corrected chi connectivity index (χ3v) is 2.64. The van der Waals surface area contributed by atoms with Crippen molar-refractivity contribution in [3.63, 3.8) is 0 Å². The molecule has 0 saturated carbocycles. The Balaban J connectivity index is 2.43. The van der Waals surface area contributed by atoms with Crippen molar-refractivity contribution >= 4 is 35.0 Å². The molecule has 5 heteroatoms. The molecule has 0 aromatic carbocycles. The normalized spacial score (nSPS) is 15.2. The van der Waals surface area contributed by atoms with E-state index < -0.39 is 0 Å². The summed E-state index contributed by atoms with van der Waals surface area (Å²) in [6.45, 7) is 0. The second-order valence-electron chi connectivity index (χ2n) is 2.32. The number of hydrogen-bond donors (Lipinski definition) is 1. The Morgan fingerprint density at radius 1 is 1.58 bits per heavy atom. The van der Waals surface area contributed by atoms with Gasteiger partial charge in [-0.2, -0.15) is 0 Å². The molecule has 1 aromatic heterocycles. The molecular formula is C7H5ClN2OS. The molecule has 0 atom stereocenters. The van der Waals surface area contributed by atoms with Crippen molar-refractivity contribution in [1.82, 2.24) is 4.98 Å². The van der Waals surface area contributed by atoms with Gasteiger partial charge in [-0.25, -0.2) is 4.98 Å². The summed E-state index contributed by atoms with van der Waals surface area (Å²) < 4.78 is 0. The first kappa shape index (κ1) is 7.89. The topological polar surface area (TPSA) is 42.0 Å². The molecule has 2 heterocycles. The van der Waals surface area contributed by atoms with Gasteiger partial charge in [0.05, 0.1) is 11.4 Å². The first-order valence-corrected chi connectivity index (χ1v) is 4.71. The zero-order valence-electron chi connectivity index (χ0n) is 6.00. The summed E-state index contributed by atoms with van der Waals surface area (Å²) in [4.78, 5) is 15.0. The lowest BCUT2D eigenvalue weighted by atomic mass is 10.4. The summed E-state index contributed by atoms with van der Waals surface area (Å²) in [7, 11) is 0. The highest BCUT2D eigenvalue weighted by Gasteiger charge is 2.16. The van der Waals surface area contributed by atoms with Crippen LogP contribution in [-0.2, 0) is 4.79 Å². The number of amides is 1. The molecule has 1 aromatic rings. The number of hydrogen-bond acceptors (Lipinski definition) is 3. The predicted octanol–water partition coefficient (Wildman–Crippen LogP) is 1.78. The lowest BCUT2D eigenvalue weighted by Crippen LogP contribution is -2.19. The van der Waals surface area contributed by atoms with Gasteiger partial charge in [0.1, 0.15) is 10.2 Å². The number of aromatic nitrogens is 1. The number of thioether (sulfide) groups is 1. The Bertz CT molecular complexity index is 342. The van der Waals surface area contributed by atoms with E-state index in [1.165, 1.54) is 11.8 Å². The predicted molar refractivity (Wildman–Crippen MR) is 48.6 cm³/mol. The SMILES string of the molecule is O=C1CSc2nc(Cl)ccc2N1. The van der Waals surface area contributed by atoms with Gasteiger partial charge in [-0.15, -0.1) is 0 Å². The summed E-state index contributed by atoms with van der Waals surface area (Å²) in [6, 6.07) is 3.42. The van der Waals surface area contributed by atoms with Gasteiger partial charge in [0.15, 0.2) is 0 Å². The van der Waals surface area contributed by atoms with E-state index in [-0.39, 0.29) is 5.91 Å². The molecule has 2 rings (SSSR count). The van der Waals surface area contributed by atoms with E-state index in [2.05, 4.69) is 10.3 Å². The van der Waals surface area contributed by atoms with Crippen LogP contribution in [0, 0.1) is 0 Å². The summed E-state index contributed by atoms with van der Waals surface area (Å²) in [5.74, 6) is 0.428. The Kier molecular flexibility index (Phi) is 1.94. The van der Waals surface area contributed by atoms with Gasteiger partial charge in [0.2, 0.25) is 5.91 Å². The van der Waals surface area contributed by atoms with Crippen LogP contribution in [0.1, 0.15) is 0 Å². The Morgan fingerprint density at radius 2 is 2.42 bits per heavy atom. The molecule has 0 spiro atoms. The number of fused-ring (bicyclic) bond motifs is 1. The molecule has 1 aliphatic rings. The Labute approximate surface area is 78.5 Å². The van der Waals surface area contributed by atoms with E-state index in [0.717, 1.165) is 10.7 Å². The van der Waals surface area contributed by atoms with Gasteiger partial charge in [-0.3, -0.25) is 4.79 Å². The monoisotopic (exact) mass is 200 g/mol. The highest BCUT2D eigenvalue weighted by atomic mass is 35.5. The molecule has 0 radical (unpaired) electrons. The minimum Gasteiger partial charge on any atom is -0.323 e. The second kappa shape index (κ2) is 2.95. The standard InChI is InChI=1S/C7H5ClN2OS/c8-5-2-1-4-7(10-5)12-3-6(11)9-4/h1-2H,3H2,(H,9,11). The number of halogens is 1. The summed E-state index contributed by atoms with van der Waals surface area (Å²) in [5, 5.41) is 3.96. The summed E-state index contributed by atoms with van der Waals surface area (Å²) in [5.41, 5.74) is 0.751. The fourth-order valence-corrected chi connectivity index (χ4v) is 1.92. The minimum atomic E-state index is 0.0108. The van der Waals surface area contributed by atoms with Crippen LogP contribution >= 0.6 is 23.4 Å². The van der Waals surface area contributed by atoms with Gasteiger partial charge in [-0.05, 0) is 12.1 Å². The summed E-state index contributed by atoms with van der Waals surface area (Å²) in [6.07, 6.45) is 0. The Hall–Kier alpha value is -0.740. The first-order chi connectivity index (χ1) is 5.75. The van der Waals surface area contributed by atoms with Crippen molar-refractivity contribution < 1.29 is 4.79 Å². The van der Waals surface area contributed by atoms with Crippen LogP contribution in [0.3, 0.4) is 0 Å². The molecule has 0 bridgehead atoms. The van der Waals surface area contributed by atoms with Gasteiger partial charge in [-0.1, -0.05) is 23.4 Å². The molecular weight excluding hydrogens is 196 g/mol. The zero-order chi connectivity index (χ0) is 8.55. The van der Waals surface area contributed by atoms with Crippen molar-refractivity contribution in [2.75, 3.05) is 11.1 Å². The van der Waals surface area contributed by atoms with Crippen LogP contribution in [0.5, 0.6) is 0 Å². The lowest BCUT2D eigenvalue weighted by Gasteiger charge is -2.14. The quantitative estimate of drug-likeness (QED) is 0.650. The minimum absolute atomic E-state index is 0.0108. The number of carbonyl (C=O) groups is 1. The highest BCUT2D eigenvalue weighted by molar-refractivity contribution is 8.00. The molecule has 0 aliphatic carbocycles. The maximum absolute atomic E-state index is 10.9. The molecule has 1 aliphatic heterocycles. The maximum Gasteiger partial charge on any atom is 0.234 e. The first-order valence-electron chi connectivity index (χ1n) is 3.35. The van der Waals surface area contributed by atoms with Crippen molar-refractivity contribution in [3.8, 4) is 0 Å². The molecule has 0 saturated heterocycles. The number of pyridine rings is 1. The number of carbonyl (C=O) groups excluding carboxylic acids is 1. The average Bonchev–Trinajstić information content (AvgIpc) is 2.05. The smallest absolute Gasteiger partial charge is 0.234 e. The molecule has 3 nitrogen and oxygen atoms in total. The summed E-state index contributed by atoms with van der Waals surface area (Å²) >= 11 is 7.08. The lowest BCUT2D eigenvalue weighted by molar-refractivity contribution is -0.113. The highest BCUT2D eigenvalue weighted by Crippen LogP contribution is 2.30. The van der Waals surface area contributed by atoms with Gasteiger partial charge >= 0.3 is 0 Å². The largest absolute Gasteiger partial charge is 0.323 e. The van der Waals surface area contributed by atoms with Crippen LogP contribution in [0.4, 0.5) is 5.69 Å². The molecule has 0 unspecified atom stereocenters. The maximum atomic E-state index is 10.9. The fourth-order valence-electron chi connectivity index (χ4n) is 0.943. The van der Waals surface area contributed by atoms with Crippen LogP contribution in [0.15, 0.2) is 17.2 Å². The Morgan fingerprint density at radius 3 is 3.25 bits per heavy atom. The molecule has 1 amide bonds. The second-order valence-corrected chi connectivity index (χ2v) is 3.67. The third-order valence-electron chi connectivity index (χ3n) is 1.44. The van der Waals surface area contributed by atoms with Crippen LogP contribution < -0.4 is 5.32 Å². The van der Waals surface area contributed by atoms with E-state index >= 15 is 0 Å². The number of nitrogens with zero attached hydrogens (tertiary/aromatic N) is 1. The number of rotatable bonds is 0. The average molecular weight is 201 g/mol. The molecule has 62 valence electrons. The van der Waals surface area contributed by atoms with Crippen molar-refractivity contribution in [3.05, 3.63) is 17.3 Å². The molecule has 12 heavy (non-hydrogen) atoms. The van der Waals surface area contributed by atoms with Crippen molar-refractivity contribution in [2.24, 2.45) is 0 Å². The van der Waals surface area contributed by atoms with Crippen molar-refractivity contribution in [1.29, 1.82) is 0 Å². The fraction of sp³-hybridized carbons (Fsp3) is 0.143. The van der Waals surface area contributed by atoms with E-state index in [0.29, 0.717) is 10.9 Å². The van der Waals surface area contributed by atoms with Crippen LogP contribution in [0.2, 0.25) is 5.15 Å². The van der Waals surface area contributed by atoms with Gasteiger partial charge < -0.3 is 5.32 Å². The van der Waals surface area contributed by atoms with Gasteiger partial charge in [0, 0.05) is 0 Å². The molecule has 1 N–H and O–H groups in total. The van der Waals surface area contributed by atoms with E-state index in [9.17, 15) is 4.79 Å². The van der Waals surface area contributed by atoms with E-state index in [1.807, 2.05) is 0 Å². The number of nitrogens with one attached hydrogen (secondary N) is 1. The van der Waals surface area contributed by atoms with Gasteiger partial charge in [0.25, 0.3) is 0 Å². The number of anilines is 1. The van der Waals surface area contributed by atoms with Crippen molar-refractivity contribution in [2.45, 2.75) is 5.03 Å². The van der Waals surface area contributed by atoms with Crippen LogP contribution in [-0.4, -0.2) is 16.6 Å². The van der Waals surface area contributed by atoms with E-state index in [4.69, 9.17) is 11.6 Å². The third kappa shape index (κ3) is 1.40. The zero-order valence-corrected chi connectivity index (χ0v) is 7.58. The molecule has 0 fully saturated rings. The van der Waals surface area contributed by atoms with E-state index in [1.54, 1.807) is 12.1 Å².